The van der Waals surface area contributed by atoms with Crippen molar-refractivity contribution in [2.45, 2.75) is 58.1 Å². The summed E-state index contributed by atoms with van der Waals surface area (Å²) in [6.45, 7) is 8.54. The van der Waals surface area contributed by atoms with Crippen LogP contribution in [0.25, 0.3) is 0 Å². The topological polar surface area (TPSA) is 41.5 Å². The molecule has 2 atom stereocenters. The average Bonchev–Trinajstić information content (AvgIpc) is 2.27. The number of aliphatic hydroxyl groups is 1. The Hall–Kier alpha value is -0.120. The highest BCUT2D eigenvalue weighted by molar-refractivity contribution is 4.93. The summed E-state index contributed by atoms with van der Waals surface area (Å²) in [6, 6.07) is 0. The Morgan fingerprint density at radius 3 is 2.81 bits per heavy atom. The third-order valence-electron chi connectivity index (χ3n) is 3.35. The SMILES string of the molecule is CCCC1CC(CO)(NCC(C)C)CCO1. The standard InChI is InChI=1S/C13H27NO2/c1-4-5-12-8-13(10-15,6-7-16-12)14-9-11(2)3/h11-12,14-15H,4-10H2,1-3H3. The van der Waals surface area contributed by atoms with Crippen molar-refractivity contribution in [1.82, 2.24) is 5.32 Å². The van der Waals surface area contributed by atoms with E-state index in [0.717, 1.165) is 38.8 Å². The van der Waals surface area contributed by atoms with Crippen molar-refractivity contribution in [3.8, 4) is 0 Å². The zero-order chi connectivity index (χ0) is 12.0. The summed E-state index contributed by atoms with van der Waals surface area (Å²) in [5.41, 5.74) is -0.0949. The lowest BCUT2D eigenvalue weighted by molar-refractivity contribution is -0.0488. The van der Waals surface area contributed by atoms with Gasteiger partial charge in [0.2, 0.25) is 0 Å². The number of hydrogen-bond acceptors (Lipinski definition) is 3. The van der Waals surface area contributed by atoms with Crippen LogP contribution in [-0.4, -0.2) is 36.5 Å². The molecule has 1 heterocycles. The summed E-state index contributed by atoms with van der Waals surface area (Å²) in [4.78, 5) is 0. The summed E-state index contributed by atoms with van der Waals surface area (Å²) < 4.78 is 5.73. The van der Waals surface area contributed by atoms with Gasteiger partial charge in [0.05, 0.1) is 12.7 Å². The van der Waals surface area contributed by atoms with Crippen LogP contribution in [0.2, 0.25) is 0 Å². The molecule has 0 saturated carbocycles. The van der Waals surface area contributed by atoms with Crippen LogP contribution in [-0.2, 0) is 4.74 Å². The van der Waals surface area contributed by atoms with E-state index in [-0.39, 0.29) is 12.1 Å². The van der Waals surface area contributed by atoms with Crippen LogP contribution < -0.4 is 5.32 Å². The first-order chi connectivity index (χ1) is 7.62. The van der Waals surface area contributed by atoms with Crippen molar-refractivity contribution in [2.75, 3.05) is 19.8 Å². The van der Waals surface area contributed by atoms with Gasteiger partial charge < -0.3 is 15.2 Å². The van der Waals surface area contributed by atoms with Gasteiger partial charge in [0.1, 0.15) is 0 Å². The first-order valence-corrected chi connectivity index (χ1v) is 6.59. The summed E-state index contributed by atoms with van der Waals surface area (Å²) in [5.74, 6) is 0.621. The predicted octanol–water partition coefficient (Wildman–Crippen LogP) is 1.94. The highest BCUT2D eigenvalue weighted by atomic mass is 16.5. The van der Waals surface area contributed by atoms with Gasteiger partial charge in [-0.15, -0.1) is 0 Å². The van der Waals surface area contributed by atoms with E-state index in [9.17, 15) is 5.11 Å². The lowest BCUT2D eigenvalue weighted by Crippen LogP contribution is -2.55. The summed E-state index contributed by atoms with van der Waals surface area (Å²) >= 11 is 0. The van der Waals surface area contributed by atoms with Crippen LogP contribution in [0.4, 0.5) is 0 Å². The molecule has 2 unspecified atom stereocenters. The Morgan fingerprint density at radius 1 is 1.50 bits per heavy atom. The minimum absolute atomic E-state index is 0.0949. The molecule has 0 aromatic heterocycles. The fourth-order valence-corrected chi connectivity index (χ4v) is 2.31. The van der Waals surface area contributed by atoms with Crippen molar-refractivity contribution < 1.29 is 9.84 Å². The number of nitrogens with one attached hydrogen (secondary N) is 1. The monoisotopic (exact) mass is 229 g/mol. The number of hydrogen-bond donors (Lipinski definition) is 2. The zero-order valence-electron chi connectivity index (χ0n) is 11.0. The molecule has 1 fully saturated rings. The minimum atomic E-state index is -0.0949. The van der Waals surface area contributed by atoms with Gasteiger partial charge in [-0.05, 0) is 31.7 Å². The van der Waals surface area contributed by atoms with E-state index in [2.05, 4.69) is 26.1 Å². The molecule has 0 bridgehead atoms. The smallest absolute Gasteiger partial charge is 0.0615 e. The van der Waals surface area contributed by atoms with Gasteiger partial charge in [0, 0.05) is 12.1 Å². The predicted molar refractivity (Wildman–Crippen MR) is 66.5 cm³/mol. The third-order valence-corrected chi connectivity index (χ3v) is 3.35. The maximum atomic E-state index is 9.62. The zero-order valence-corrected chi connectivity index (χ0v) is 11.0. The first-order valence-electron chi connectivity index (χ1n) is 6.59. The second-order valence-electron chi connectivity index (χ2n) is 5.45. The Morgan fingerprint density at radius 2 is 2.25 bits per heavy atom. The van der Waals surface area contributed by atoms with Gasteiger partial charge in [0.25, 0.3) is 0 Å². The molecular formula is C13H27NO2. The molecule has 3 nitrogen and oxygen atoms in total. The Labute approximate surface area is 99.6 Å². The largest absolute Gasteiger partial charge is 0.394 e. The van der Waals surface area contributed by atoms with Crippen LogP contribution in [0.3, 0.4) is 0 Å². The van der Waals surface area contributed by atoms with Gasteiger partial charge >= 0.3 is 0 Å². The van der Waals surface area contributed by atoms with Crippen LogP contribution >= 0.6 is 0 Å². The maximum Gasteiger partial charge on any atom is 0.0615 e. The molecule has 96 valence electrons. The number of ether oxygens (including phenoxy) is 1. The van der Waals surface area contributed by atoms with Gasteiger partial charge in [-0.3, -0.25) is 0 Å². The highest BCUT2D eigenvalue weighted by Gasteiger charge is 2.35. The molecule has 0 amide bonds. The van der Waals surface area contributed by atoms with E-state index in [1.165, 1.54) is 0 Å². The molecule has 16 heavy (non-hydrogen) atoms. The normalized spacial score (nSPS) is 30.9. The number of rotatable bonds is 6. The second-order valence-corrected chi connectivity index (χ2v) is 5.45. The van der Waals surface area contributed by atoms with E-state index in [1.54, 1.807) is 0 Å². The van der Waals surface area contributed by atoms with E-state index in [1.807, 2.05) is 0 Å². The second kappa shape index (κ2) is 6.58. The molecule has 1 aliphatic rings. The lowest BCUT2D eigenvalue weighted by atomic mass is 9.85. The van der Waals surface area contributed by atoms with E-state index in [0.29, 0.717) is 12.0 Å². The van der Waals surface area contributed by atoms with Crippen molar-refractivity contribution in [3.05, 3.63) is 0 Å². The van der Waals surface area contributed by atoms with Gasteiger partial charge in [-0.1, -0.05) is 27.2 Å². The summed E-state index contributed by atoms with van der Waals surface area (Å²) in [6.07, 6.45) is 4.45. The summed E-state index contributed by atoms with van der Waals surface area (Å²) in [5, 5.41) is 13.2. The quantitative estimate of drug-likeness (QED) is 0.731. The van der Waals surface area contributed by atoms with Crippen molar-refractivity contribution in [1.29, 1.82) is 0 Å². The van der Waals surface area contributed by atoms with Crippen LogP contribution in [0.15, 0.2) is 0 Å². The molecule has 0 spiro atoms. The lowest BCUT2D eigenvalue weighted by Gasteiger charge is -2.41. The van der Waals surface area contributed by atoms with E-state index >= 15 is 0 Å². The Bertz CT molecular complexity index is 194. The maximum absolute atomic E-state index is 9.62. The van der Waals surface area contributed by atoms with Crippen LogP contribution in [0, 0.1) is 5.92 Å². The van der Waals surface area contributed by atoms with Crippen molar-refractivity contribution in [3.63, 3.8) is 0 Å². The molecule has 1 saturated heterocycles. The Kier molecular flexibility index (Phi) is 5.73. The van der Waals surface area contributed by atoms with Crippen molar-refractivity contribution in [2.24, 2.45) is 5.92 Å². The molecule has 1 aliphatic heterocycles. The number of aliphatic hydroxyl groups excluding tert-OH is 1. The van der Waals surface area contributed by atoms with Crippen molar-refractivity contribution >= 4 is 0 Å². The molecule has 3 heteroatoms. The fourth-order valence-electron chi connectivity index (χ4n) is 2.31. The summed E-state index contributed by atoms with van der Waals surface area (Å²) in [7, 11) is 0. The van der Waals surface area contributed by atoms with Gasteiger partial charge in [-0.2, -0.15) is 0 Å². The average molecular weight is 229 g/mol. The van der Waals surface area contributed by atoms with E-state index in [4.69, 9.17) is 4.74 Å². The van der Waals surface area contributed by atoms with Crippen LogP contribution in [0.1, 0.15) is 46.5 Å². The molecule has 2 N–H and O–H groups in total. The van der Waals surface area contributed by atoms with Gasteiger partial charge in [-0.25, -0.2) is 0 Å². The van der Waals surface area contributed by atoms with Gasteiger partial charge in [0.15, 0.2) is 0 Å². The van der Waals surface area contributed by atoms with Crippen LogP contribution in [0.5, 0.6) is 0 Å². The fraction of sp³-hybridized carbons (Fsp3) is 1.00. The molecule has 0 aromatic carbocycles. The molecular weight excluding hydrogens is 202 g/mol. The third kappa shape index (κ3) is 4.04. The minimum Gasteiger partial charge on any atom is -0.394 e. The molecule has 0 aromatic rings. The Balaban J connectivity index is 2.49. The molecule has 0 radical (unpaired) electrons. The molecule has 0 aliphatic carbocycles. The molecule has 1 rings (SSSR count). The van der Waals surface area contributed by atoms with E-state index < -0.39 is 0 Å². The first kappa shape index (κ1) is 13.9. The highest BCUT2D eigenvalue weighted by Crippen LogP contribution is 2.27.